The normalized spacial score (nSPS) is 24.0. The van der Waals surface area contributed by atoms with Gasteiger partial charge < -0.3 is 14.5 Å². The molecule has 0 aromatic carbocycles. The fourth-order valence-corrected chi connectivity index (χ4v) is 3.77. The Kier molecular flexibility index (Phi) is 4.60. The Balaban J connectivity index is 1.75. The van der Waals surface area contributed by atoms with Crippen LogP contribution < -0.4 is 4.90 Å². The van der Waals surface area contributed by atoms with Gasteiger partial charge in [-0.25, -0.2) is 4.79 Å². The van der Waals surface area contributed by atoms with Gasteiger partial charge in [0.2, 0.25) is 0 Å². The fraction of sp³-hybridized carbons (Fsp3) is 0.706. The largest absolute Gasteiger partial charge is 0.444 e. The van der Waals surface area contributed by atoms with E-state index >= 15 is 0 Å². The summed E-state index contributed by atoms with van der Waals surface area (Å²) in [4.78, 5) is 16.5. The molecule has 0 bridgehead atoms. The van der Waals surface area contributed by atoms with Gasteiger partial charge in [-0.1, -0.05) is 11.6 Å². The molecular formula is C17H25ClN4O2. The summed E-state index contributed by atoms with van der Waals surface area (Å²) in [5.74, 6) is 0.905. The molecule has 0 saturated carbocycles. The number of fused-ring (bicyclic) bond motifs is 1. The first-order valence-electron chi connectivity index (χ1n) is 8.53. The minimum Gasteiger partial charge on any atom is -0.444 e. The van der Waals surface area contributed by atoms with Crippen LogP contribution in [0.25, 0.3) is 0 Å². The number of carbonyl (C=O) groups is 1. The minimum atomic E-state index is -0.472. The Labute approximate surface area is 148 Å². The number of carbonyl (C=O) groups excluding carboxylic acids is 1. The number of hydrogen-bond donors (Lipinski definition) is 0. The van der Waals surface area contributed by atoms with Crippen LogP contribution in [-0.2, 0) is 11.2 Å². The first-order chi connectivity index (χ1) is 11.2. The number of anilines is 1. The van der Waals surface area contributed by atoms with Gasteiger partial charge in [-0.15, -0.1) is 10.2 Å². The van der Waals surface area contributed by atoms with Crippen LogP contribution in [0.4, 0.5) is 10.6 Å². The van der Waals surface area contributed by atoms with Crippen molar-refractivity contribution < 1.29 is 9.53 Å². The summed E-state index contributed by atoms with van der Waals surface area (Å²) in [6.45, 7) is 9.26. The van der Waals surface area contributed by atoms with E-state index in [4.69, 9.17) is 16.3 Å². The molecule has 2 aliphatic rings. The number of halogens is 1. The van der Waals surface area contributed by atoms with E-state index in [9.17, 15) is 4.79 Å². The second-order valence-electron chi connectivity index (χ2n) is 7.70. The predicted molar refractivity (Wildman–Crippen MR) is 93.5 cm³/mol. The van der Waals surface area contributed by atoms with Gasteiger partial charge in [0.15, 0.2) is 11.0 Å². The maximum absolute atomic E-state index is 12.4. The molecule has 0 spiro atoms. The molecule has 0 radical (unpaired) electrons. The van der Waals surface area contributed by atoms with Crippen molar-refractivity contribution in [3.63, 3.8) is 0 Å². The first kappa shape index (κ1) is 17.3. The molecule has 2 atom stereocenters. The maximum atomic E-state index is 12.4. The average molecular weight is 353 g/mol. The zero-order chi connectivity index (χ0) is 17.5. The van der Waals surface area contributed by atoms with Gasteiger partial charge in [0.1, 0.15) is 5.60 Å². The van der Waals surface area contributed by atoms with Crippen molar-refractivity contribution in [2.75, 3.05) is 18.0 Å². The van der Waals surface area contributed by atoms with Crippen molar-refractivity contribution in [1.82, 2.24) is 15.1 Å². The summed E-state index contributed by atoms with van der Waals surface area (Å²) in [5.41, 5.74) is 0.664. The standard InChI is InChI=1S/C17H25ClN4O2/c1-11-8-12-9-14(18)19-20-15(12)22(11)13-6-5-7-21(10-13)16(23)24-17(2,3)4/h9,11,13H,5-8,10H2,1-4H3/t11?,13-/m1/s1. The summed E-state index contributed by atoms with van der Waals surface area (Å²) >= 11 is 5.97. The molecule has 24 heavy (non-hydrogen) atoms. The van der Waals surface area contributed by atoms with Crippen LogP contribution in [-0.4, -0.2) is 52.0 Å². The van der Waals surface area contributed by atoms with E-state index in [0.29, 0.717) is 17.7 Å². The zero-order valence-electron chi connectivity index (χ0n) is 14.8. The molecule has 3 rings (SSSR count). The number of piperidine rings is 1. The van der Waals surface area contributed by atoms with E-state index in [1.807, 2.05) is 31.7 Å². The van der Waals surface area contributed by atoms with Gasteiger partial charge in [0.25, 0.3) is 0 Å². The fourth-order valence-electron chi connectivity index (χ4n) is 3.60. The molecule has 1 fully saturated rings. The highest BCUT2D eigenvalue weighted by molar-refractivity contribution is 6.29. The first-order valence-corrected chi connectivity index (χ1v) is 8.91. The third-order valence-electron chi connectivity index (χ3n) is 4.50. The van der Waals surface area contributed by atoms with Gasteiger partial charge in [-0.2, -0.15) is 0 Å². The maximum Gasteiger partial charge on any atom is 0.410 e. The quantitative estimate of drug-likeness (QED) is 0.776. The van der Waals surface area contributed by atoms with Crippen molar-refractivity contribution >= 4 is 23.5 Å². The molecule has 2 aliphatic heterocycles. The number of rotatable bonds is 1. The van der Waals surface area contributed by atoms with Crippen molar-refractivity contribution in [2.45, 2.75) is 64.6 Å². The molecular weight excluding hydrogens is 328 g/mol. The lowest BCUT2D eigenvalue weighted by Crippen LogP contribution is -2.52. The van der Waals surface area contributed by atoms with Gasteiger partial charge >= 0.3 is 6.09 Å². The lowest BCUT2D eigenvalue weighted by atomic mass is 10.0. The molecule has 1 amide bonds. The van der Waals surface area contributed by atoms with E-state index in [0.717, 1.165) is 37.2 Å². The molecule has 1 unspecified atom stereocenters. The molecule has 3 heterocycles. The van der Waals surface area contributed by atoms with Crippen molar-refractivity contribution in [2.24, 2.45) is 0 Å². The Bertz CT molecular complexity index is 632. The van der Waals surface area contributed by atoms with E-state index in [1.165, 1.54) is 0 Å². The summed E-state index contributed by atoms with van der Waals surface area (Å²) < 4.78 is 5.52. The van der Waals surface area contributed by atoms with Gasteiger partial charge in [0.05, 0.1) is 0 Å². The number of likely N-dealkylation sites (tertiary alicyclic amines) is 1. The van der Waals surface area contributed by atoms with Crippen LogP contribution in [0.15, 0.2) is 6.07 Å². The lowest BCUT2D eigenvalue weighted by Gasteiger charge is -2.40. The number of amides is 1. The van der Waals surface area contributed by atoms with Crippen LogP contribution >= 0.6 is 11.6 Å². The zero-order valence-corrected chi connectivity index (χ0v) is 15.5. The number of aromatic nitrogens is 2. The molecule has 0 aliphatic carbocycles. The lowest BCUT2D eigenvalue weighted by molar-refractivity contribution is 0.0196. The molecule has 0 N–H and O–H groups in total. The van der Waals surface area contributed by atoms with Gasteiger partial charge in [-0.3, -0.25) is 0 Å². The van der Waals surface area contributed by atoms with Gasteiger partial charge in [-0.05, 0) is 53.0 Å². The van der Waals surface area contributed by atoms with Crippen LogP contribution in [0, 0.1) is 0 Å². The molecule has 132 valence electrons. The predicted octanol–water partition coefficient (Wildman–Crippen LogP) is 3.28. The van der Waals surface area contributed by atoms with Crippen LogP contribution in [0.2, 0.25) is 5.15 Å². The molecule has 6 nitrogen and oxygen atoms in total. The Morgan fingerprint density at radius 1 is 1.38 bits per heavy atom. The van der Waals surface area contributed by atoms with E-state index < -0.39 is 5.60 Å². The third-order valence-corrected chi connectivity index (χ3v) is 4.68. The highest BCUT2D eigenvalue weighted by atomic mass is 35.5. The second-order valence-corrected chi connectivity index (χ2v) is 8.09. The number of ether oxygens (including phenoxy) is 1. The highest BCUT2D eigenvalue weighted by Gasteiger charge is 2.37. The summed E-state index contributed by atoms with van der Waals surface area (Å²) in [7, 11) is 0. The van der Waals surface area contributed by atoms with Crippen molar-refractivity contribution in [3.05, 3.63) is 16.8 Å². The minimum absolute atomic E-state index is 0.234. The van der Waals surface area contributed by atoms with Crippen molar-refractivity contribution in [3.8, 4) is 0 Å². The average Bonchev–Trinajstić information content (AvgIpc) is 2.80. The topological polar surface area (TPSA) is 58.6 Å². The van der Waals surface area contributed by atoms with Crippen LogP contribution in [0.1, 0.15) is 46.1 Å². The molecule has 1 saturated heterocycles. The summed E-state index contributed by atoms with van der Waals surface area (Å²) in [5, 5.41) is 8.74. The number of hydrogen-bond acceptors (Lipinski definition) is 5. The van der Waals surface area contributed by atoms with Crippen molar-refractivity contribution in [1.29, 1.82) is 0 Å². The monoisotopic (exact) mass is 352 g/mol. The van der Waals surface area contributed by atoms with Gasteiger partial charge in [0, 0.05) is 30.7 Å². The summed E-state index contributed by atoms with van der Waals surface area (Å²) in [6.07, 6.45) is 2.67. The Morgan fingerprint density at radius 2 is 2.12 bits per heavy atom. The molecule has 7 heteroatoms. The van der Waals surface area contributed by atoms with E-state index in [-0.39, 0.29) is 12.1 Å². The van der Waals surface area contributed by atoms with Crippen LogP contribution in [0.5, 0.6) is 0 Å². The highest BCUT2D eigenvalue weighted by Crippen LogP contribution is 2.34. The molecule has 1 aromatic heterocycles. The molecule has 1 aromatic rings. The second kappa shape index (κ2) is 6.39. The SMILES string of the molecule is CC1Cc2cc(Cl)nnc2N1[C@@H]1CCCN(C(=O)OC(C)(C)C)C1. The smallest absolute Gasteiger partial charge is 0.410 e. The van der Waals surface area contributed by atoms with E-state index in [2.05, 4.69) is 22.0 Å². The number of nitrogens with zero attached hydrogens (tertiary/aromatic N) is 4. The third kappa shape index (κ3) is 3.58. The van der Waals surface area contributed by atoms with E-state index in [1.54, 1.807) is 0 Å². The summed E-state index contributed by atoms with van der Waals surface area (Å²) in [6, 6.07) is 2.46. The van der Waals surface area contributed by atoms with Crippen LogP contribution in [0.3, 0.4) is 0 Å². The Hall–Kier alpha value is -1.56. The Morgan fingerprint density at radius 3 is 2.83 bits per heavy atom.